The summed E-state index contributed by atoms with van der Waals surface area (Å²) in [5.74, 6) is 0.593. The molecule has 1 nitrogen and oxygen atoms in total. The van der Waals surface area contributed by atoms with Crippen LogP contribution in [0, 0.1) is 0 Å². The van der Waals surface area contributed by atoms with Crippen LogP contribution in [0.3, 0.4) is 0 Å². The molecule has 13 heavy (non-hydrogen) atoms. The van der Waals surface area contributed by atoms with Crippen molar-refractivity contribution in [3.05, 3.63) is 29.6 Å². The van der Waals surface area contributed by atoms with Crippen LogP contribution in [-0.2, 0) is 6.42 Å². The summed E-state index contributed by atoms with van der Waals surface area (Å²) < 4.78 is 0. The van der Waals surface area contributed by atoms with Crippen molar-refractivity contribution >= 4 is 0 Å². The van der Waals surface area contributed by atoms with E-state index in [2.05, 4.69) is 37.9 Å². The monoisotopic (exact) mass is 177 g/mol. The van der Waals surface area contributed by atoms with E-state index >= 15 is 0 Å². The Kier molecular flexibility index (Phi) is 3.94. The molecule has 0 radical (unpaired) electrons. The Bertz CT molecular complexity index is 238. The number of nitrogens with zero attached hydrogens (tertiary/aromatic N) is 1. The highest BCUT2D eigenvalue weighted by molar-refractivity contribution is 5.16. The van der Waals surface area contributed by atoms with Gasteiger partial charge in [-0.05, 0) is 30.4 Å². The Hall–Kier alpha value is -0.850. The number of pyridine rings is 1. The zero-order valence-electron chi connectivity index (χ0n) is 8.88. The summed E-state index contributed by atoms with van der Waals surface area (Å²) in [4.78, 5) is 4.47. The first-order valence-electron chi connectivity index (χ1n) is 5.22. The van der Waals surface area contributed by atoms with Gasteiger partial charge in [-0.2, -0.15) is 0 Å². The zero-order valence-corrected chi connectivity index (χ0v) is 8.88. The minimum atomic E-state index is 0.593. The Balaban J connectivity index is 2.69. The van der Waals surface area contributed by atoms with Crippen LogP contribution in [0.25, 0.3) is 0 Å². The maximum absolute atomic E-state index is 4.47. The average molecular weight is 177 g/mol. The molecule has 0 aliphatic heterocycles. The van der Waals surface area contributed by atoms with Crippen LogP contribution in [0.15, 0.2) is 18.3 Å². The van der Waals surface area contributed by atoms with Gasteiger partial charge in [0.2, 0.25) is 0 Å². The first kappa shape index (κ1) is 10.2. The van der Waals surface area contributed by atoms with E-state index in [1.54, 1.807) is 0 Å². The second-order valence-electron chi connectivity index (χ2n) is 3.65. The lowest BCUT2D eigenvalue weighted by atomic mass is 10.0. The van der Waals surface area contributed by atoms with Crippen LogP contribution in [0.4, 0.5) is 0 Å². The van der Waals surface area contributed by atoms with Gasteiger partial charge in [0.1, 0.15) is 0 Å². The van der Waals surface area contributed by atoms with Crippen molar-refractivity contribution in [1.29, 1.82) is 0 Å². The summed E-state index contributed by atoms with van der Waals surface area (Å²) in [5.41, 5.74) is 2.58. The summed E-state index contributed by atoms with van der Waals surface area (Å²) in [5, 5.41) is 0. The predicted octanol–water partition coefficient (Wildman–Crippen LogP) is 3.55. The zero-order chi connectivity index (χ0) is 9.68. The second kappa shape index (κ2) is 5.00. The largest absolute Gasteiger partial charge is 0.261 e. The molecule has 72 valence electrons. The fraction of sp³-hybridized carbons (Fsp3) is 0.583. The molecule has 0 saturated heterocycles. The van der Waals surface area contributed by atoms with Crippen LogP contribution >= 0.6 is 0 Å². The van der Waals surface area contributed by atoms with Crippen LogP contribution in [0.1, 0.15) is 50.8 Å². The lowest BCUT2D eigenvalue weighted by Gasteiger charge is -2.07. The lowest BCUT2D eigenvalue weighted by molar-refractivity contribution is 0.706. The Morgan fingerprint density at radius 2 is 2.08 bits per heavy atom. The standard InChI is InChI=1S/C12H19N/c1-4-6-11-7-8-12(13-9-11)10(3)5-2/h7-10H,4-6H2,1-3H3. The quantitative estimate of drug-likeness (QED) is 0.685. The number of hydrogen-bond acceptors (Lipinski definition) is 1. The van der Waals surface area contributed by atoms with Gasteiger partial charge in [0.05, 0.1) is 0 Å². The highest BCUT2D eigenvalue weighted by Gasteiger charge is 2.03. The molecule has 1 heteroatoms. The summed E-state index contributed by atoms with van der Waals surface area (Å²) in [7, 11) is 0. The predicted molar refractivity (Wildman–Crippen MR) is 56.9 cm³/mol. The minimum absolute atomic E-state index is 0.593. The van der Waals surface area contributed by atoms with Gasteiger partial charge in [-0.25, -0.2) is 0 Å². The van der Waals surface area contributed by atoms with Crippen LogP contribution < -0.4 is 0 Å². The van der Waals surface area contributed by atoms with Gasteiger partial charge in [0.15, 0.2) is 0 Å². The van der Waals surface area contributed by atoms with Crippen LogP contribution in [0.5, 0.6) is 0 Å². The van der Waals surface area contributed by atoms with Crippen LogP contribution in [-0.4, -0.2) is 4.98 Å². The number of rotatable bonds is 4. The van der Waals surface area contributed by atoms with E-state index in [1.165, 1.54) is 24.1 Å². The van der Waals surface area contributed by atoms with Gasteiger partial charge in [-0.3, -0.25) is 4.98 Å². The third-order valence-electron chi connectivity index (χ3n) is 2.50. The molecule has 0 aliphatic rings. The van der Waals surface area contributed by atoms with Crippen molar-refractivity contribution < 1.29 is 0 Å². The first-order chi connectivity index (χ1) is 6.27. The van der Waals surface area contributed by atoms with E-state index < -0.39 is 0 Å². The number of aromatic nitrogens is 1. The van der Waals surface area contributed by atoms with Gasteiger partial charge in [0.25, 0.3) is 0 Å². The smallest absolute Gasteiger partial charge is 0.0431 e. The highest BCUT2D eigenvalue weighted by Crippen LogP contribution is 2.16. The van der Waals surface area contributed by atoms with E-state index in [-0.39, 0.29) is 0 Å². The van der Waals surface area contributed by atoms with Crippen molar-refractivity contribution in [2.45, 2.75) is 46.0 Å². The number of hydrogen-bond donors (Lipinski definition) is 0. The maximum Gasteiger partial charge on any atom is 0.0431 e. The summed E-state index contributed by atoms with van der Waals surface area (Å²) in [6.07, 6.45) is 5.53. The molecule has 1 aromatic rings. The van der Waals surface area contributed by atoms with Gasteiger partial charge in [-0.1, -0.05) is 33.3 Å². The molecule has 0 spiro atoms. The molecule has 0 saturated carbocycles. The SMILES string of the molecule is CCCc1ccc(C(C)CC)nc1. The third-order valence-corrected chi connectivity index (χ3v) is 2.50. The molecule has 0 fully saturated rings. The van der Waals surface area contributed by atoms with Crippen molar-refractivity contribution in [2.24, 2.45) is 0 Å². The molecular weight excluding hydrogens is 158 g/mol. The van der Waals surface area contributed by atoms with Crippen LogP contribution in [0.2, 0.25) is 0 Å². The molecule has 0 aromatic carbocycles. The minimum Gasteiger partial charge on any atom is -0.261 e. The van der Waals surface area contributed by atoms with Gasteiger partial charge in [-0.15, -0.1) is 0 Å². The lowest BCUT2D eigenvalue weighted by Crippen LogP contribution is -1.96. The van der Waals surface area contributed by atoms with E-state index in [9.17, 15) is 0 Å². The van der Waals surface area contributed by atoms with Crippen molar-refractivity contribution in [3.63, 3.8) is 0 Å². The van der Waals surface area contributed by atoms with E-state index in [0.717, 1.165) is 6.42 Å². The first-order valence-corrected chi connectivity index (χ1v) is 5.22. The molecule has 1 heterocycles. The molecule has 0 N–H and O–H groups in total. The molecule has 0 amide bonds. The Morgan fingerprint density at radius 1 is 1.31 bits per heavy atom. The average Bonchev–Trinajstić information content (AvgIpc) is 2.18. The molecule has 0 aliphatic carbocycles. The fourth-order valence-electron chi connectivity index (χ4n) is 1.37. The normalized spacial score (nSPS) is 12.8. The maximum atomic E-state index is 4.47. The Labute approximate surface area is 81.2 Å². The fourth-order valence-corrected chi connectivity index (χ4v) is 1.37. The highest BCUT2D eigenvalue weighted by atomic mass is 14.7. The summed E-state index contributed by atoms with van der Waals surface area (Å²) in [6, 6.07) is 4.37. The van der Waals surface area contributed by atoms with E-state index in [1.807, 2.05) is 6.20 Å². The molecule has 1 rings (SSSR count). The van der Waals surface area contributed by atoms with Gasteiger partial charge >= 0.3 is 0 Å². The van der Waals surface area contributed by atoms with Crippen molar-refractivity contribution in [1.82, 2.24) is 4.98 Å². The summed E-state index contributed by atoms with van der Waals surface area (Å²) >= 11 is 0. The van der Waals surface area contributed by atoms with E-state index in [0.29, 0.717) is 5.92 Å². The topological polar surface area (TPSA) is 12.9 Å². The number of aryl methyl sites for hydroxylation is 1. The molecular formula is C12H19N. The van der Waals surface area contributed by atoms with Crippen molar-refractivity contribution in [2.75, 3.05) is 0 Å². The molecule has 1 atom stereocenters. The third kappa shape index (κ3) is 2.83. The Morgan fingerprint density at radius 3 is 2.54 bits per heavy atom. The second-order valence-corrected chi connectivity index (χ2v) is 3.65. The van der Waals surface area contributed by atoms with Gasteiger partial charge in [0, 0.05) is 11.9 Å². The molecule has 1 unspecified atom stereocenters. The molecule has 0 bridgehead atoms. The summed E-state index contributed by atoms with van der Waals surface area (Å²) in [6.45, 7) is 6.62. The molecule has 1 aromatic heterocycles. The van der Waals surface area contributed by atoms with Gasteiger partial charge < -0.3 is 0 Å². The van der Waals surface area contributed by atoms with Crippen molar-refractivity contribution in [3.8, 4) is 0 Å². The van der Waals surface area contributed by atoms with E-state index in [4.69, 9.17) is 0 Å².